The Labute approximate surface area is 90.3 Å². The van der Waals surface area contributed by atoms with E-state index in [4.69, 9.17) is 4.74 Å². The highest BCUT2D eigenvalue weighted by molar-refractivity contribution is 7.90. The molecular formula is C8H18N2O4S. The van der Waals surface area contributed by atoms with E-state index in [0.29, 0.717) is 0 Å². The van der Waals surface area contributed by atoms with Crippen molar-refractivity contribution in [1.29, 1.82) is 0 Å². The number of hydrazine groups is 1. The number of nitrogens with one attached hydrogen (secondary N) is 2. The van der Waals surface area contributed by atoms with Gasteiger partial charge in [0, 0.05) is 12.8 Å². The van der Waals surface area contributed by atoms with Gasteiger partial charge < -0.3 is 4.74 Å². The van der Waals surface area contributed by atoms with E-state index in [1.165, 1.54) is 0 Å². The molecule has 0 aromatic carbocycles. The average Bonchev–Trinajstić information content (AvgIpc) is 1.92. The fraction of sp³-hybridized carbons (Fsp3) is 0.875. The Morgan fingerprint density at radius 1 is 1.33 bits per heavy atom. The van der Waals surface area contributed by atoms with Crippen LogP contribution in [0.1, 0.15) is 20.8 Å². The van der Waals surface area contributed by atoms with Crippen LogP contribution in [0.2, 0.25) is 0 Å². The van der Waals surface area contributed by atoms with Crippen molar-refractivity contribution in [2.24, 2.45) is 0 Å². The molecule has 0 atom stereocenters. The van der Waals surface area contributed by atoms with Crippen molar-refractivity contribution in [3.05, 3.63) is 0 Å². The molecule has 0 aromatic heterocycles. The van der Waals surface area contributed by atoms with Crippen LogP contribution in [0.4, 0.5) is 4.79 Å². The van der Waals surface area contributed by atoms with E-state index in [2.05, 4.69) is 10.9 Å². The third-order valence-electron chi connectivity index (χ3n) is 1.19. The van der Waals surface area contributed by atoms with Gasteiger partial charge in [0.1, 0.15) is 15.4 Å². The number of amides is 1. The maximum Gasteiger partial charge on any atom is 0.422 e. The van der Waals surface area contributed by atoms with Crippen molar-refractivity contribution in [1.82, 2.24) is 10.9 Å². The molecule has 1 amide bonds. The summed E-state index contributed by atoms with van der Waals surface area (Å²) in [5.41, 5.74) is 4.13. The van der Waals surface area contributed by atoms with Crippen molar-refractivity contribution in [3.8, 4) is 0 Å². The van der Waals surface area contributed by atoms with E-state index >= 15 is 0 Å². The van der Waals surface area contributed by atoms with Gasteiger partial charge in [-0.25, -0.2) is 18.6 Å². The number of carbonyl (C=O) groups is 1. The quantitative estimate of drug-likeness (QED) is 0.534. The van der Waals surface area contributed by atoms with Gasteiger partial charge in [-0.05, 0) is 20.8 Å². The second-order valence-corrected chi connectivity index (χ2v) is 6.44. The number of hydrogen-bond donors (Lipinski definition) is 2. The van der Waals surface area contributed by atoms with Crippen LogP contribution in [0.25, 0.3) is 0 Å². The molecule has 7 heteroatoms. The molecule has 90 valence electrons. The molecule has 0 aliphatic heterocycles. The average molecular weight is 238 g/mol. The lowest BCUT2D eigenvalue weighted by Gasteiger charge is -2.19. The Morgan fingerprint density at radius 2 is 1.87 bits per heavy atom. The van der Waals surface area contributed by atoms with Crippen LogP contribution in [-0.2, 0) is 14.6 Å². The van der Waals surface area contributed by atoms with Crippen molar-refractivity contribution in [2.75, 3.05) is 18.6 Å². The maximum atomic E-state index is 11.0. The molecule has 0 spiro atoms. The van der Waals surface area contributed by atoms with Crippen molar-refractivity contribution >= 4 is 15.9 Å². The van der Waals surface area contributed by atoms with Gasteiger partial charge in [-0.15, -0.1) is 0 Å². The number of hydrogen-bond acceptors (Lipinski definition) is 5. The highest BCUT2D eigenvalue weighted by Crippen LogP contribution is 2.05. The minimum Gasteiger partial charge on any atom is -0.443 e. The standard InChI is InChI=1S/C8H18N2O4S/c1-8(2,3)14-7(11)10-9-5-6-15(4,12)13/h9H,5-6H2,1-4H3,(H,10,11). The summed E-state index contributed by atoms with van der Waals surface area (Å²) in [6, 6.07) is 0. The molecule has 0 radical (unpaired) electrons. The Balaban J connectivity index is 3.66. The zero-order valence-electron chi connectivity index (χ0n) is 9.46. The first-order chi connectivity index (χ1) is 6.60. The molecular weight excluding hydrogens is 220 g/mol. The van der Waals surface area contributed by atoms with E-state index in [0.717, 1.165) is 6.26 Å². The monoisotopic (exact) mass is 238 g/mol. The van der Waals surface area contributed by atoms with Crippen molar-refractivity contribution in [3.63, 3.8) is 0 Å². The molecule has 0 rings (SSSR count). The SMILES string of the molecule is CC(C)(C)OC(=O)NNCCS(C)(=O)=O. The zero-order valence-corrected chi connectivity index (χ0v) is 10.3. The van der Waals surface area contributed by atoms with Gasteiger partial charge in [0.05, 0.1) is 5.75 Å². The second-order valence-electron chi connectivity index (χ2n) is 4.18. The van der Waals surface area contributed by atoms with Crippen LogP contribution in [0.3, 0.4) is 0 Å². The molecule has 0 aliphatic rings. The zero-order chi connectivity index (χ0) is 12.1. The normalized spacial score (nSPS) is 12.3. The van der Waals surface area contributed by atoms with E-state index < -0.39 is 21.5 Å². The van der Waals surface area contributed by atoms with E-state index in [-0.39, 0.29) is 12.3 Å². The predicted octanol–water partition coefficient (Wildman–Crippen LogP) is 0.0603. The lowest BCUT2D eigenvalue weighted by atomic mass is 10.2. The molecule has 0 aliphatic carbocycles. The summed E-state index contributed by atoms with van der Waals surface area (Å²) in [7, 11) is -3.01. The summed E-state index contributed by atoms with van der Waals surface area (Å²) < 4.78 is 26.3. The van der Waals surface area contributed by atoms with E-state index in [9.17, 15) is 13.2 Å². The summed E-state index contributed by atoms with van der Waals surface area (Å²) in [4.78, 5) is 11.0. The number of sulfone groups is 1. The molecule has 0 heterocycles. The van der Waals surface area contributed by atoms with Crippen LogP contribution >= 0.6 is 0 Å². The van der Waals surface area contributed by atoms with Crippen LogP contribution < -0.4 is 10.9 Å². The van der Waals surface area contributed by atoms with E-state index in [1.54, 1.807) is 20.8 Å². The molecule has 0 bridgehead atoms. The summed E-state index contributed by atoms with van der Waals surface area (Å²) in [6.45, 7) is 5.37. The lowest BCUT2D eigenvalue weighted by Crippen LogP contribution is -2.42. The van der Waals surface area contributed by atoms with Gasteiger partial charge in [0.25, 0.3) is 0 Å². The Bertz CT molecular complexity index is 305. The van der Waals surface area contributed by atoms with Gasteiger partial charge in [0.15, 0.2) is 0 Å². The molecule has 0 aromatic rings. The predicted molar refractivity (Wildman–Crippen MR) is 57.1 cm³/mol. The highest BCUT2D eigenvalue weighted by Gasteiger charge is 2.15. The molecule has 0 unspecified atom stereocenters. The van der Waals surface area contributed by atoms with Crippen LogP contribution in [-0.4, -0.2) is 38.7 Å². The fourth-order valence-corrected chi connectivity index (χ4v) is 1.15. The first kappa shape index (κ1) is 14.2. The Kier molecular flexibility index (Phi) is 5.02. The van der Waals surface area contributed by atoms with Crippen LogP contribution in [0.5, 0.6) is 0 Å². The summed E-state index contributed by atoms with van der Waals surface area (Å²) in [5, 5.41) is 0. The smallest absolute Gasteiger partial charge is 0.422 e. The topological polar surface area (TPSA) is 84.5 Å². The van der Waals surface area contributed by atoms with Crippen molar-refractivity contribution < 1.29 is 17.9 Å². The molecule has 0 saturated carbocycles. The maximum absolute atomic E-state index is 11.0. The molecule has 15 heavy (non-hydrogen) atoms. The number of ether oxygens (including phenoxy) is 1. The van der Waals surface area contributed by atoms with Gasteiger partial charge in [-0.3, -0.25) is 5.43 Å². The van der Waals surface area contributed by atoms with Crippen molar-refractivity contribution in [2.45, 2.75) is 26.4 Å². The molecule has 0 saturated heterocycles. The van der Waals surface area contributed by atoms with Gasteiger partial charge in [-0.2, -0.15) is 0 Å². The third-order valence-corrected chi connectivity index (χ3v) is 2.13. The van der Waals surface area contributed by atoms with Gasteiger partial charge >= 0.3 is 6.09 Å². The molecule has 6 nitrogen and oxygen atoms in total. The Morgan fingerprint density at radius 3 is 2.27 bits per heavy atom. The van der Waals surface area contributed by atoms with Crippen LogP contribution in [0, 0.1) is 0 Å². The fourth-order valence-electron chi connectivity index (χ4n) is 0.675. The first-order valence-electron chi connectivity index (χ1n) is 4.50. The number of rotatable bonds is 4. The number of carbonyl (C=O) groups excluding carboxylic acids is 1. The summed E-state index contributed by atoms with van der Waals surface area (Å²) in [6.07, 6.45) is 0.498. The second kappa shape index (κ2) is 5.32. The minimum atomic E-state index is -3.01. The first-order valence-corrected chi connectivity index (χ1v) is 6.56. The minimum absolute atomic E-state index is 0.0389. The lowest BCUT2D eigenvalue weighted by molar-refractivity contribution is 0.0500. The van der Waals surface area contributed by atoms with Gasteiger partial charge in [-0.1, -0.05) is 0 Å². The molecule has 2 N–H and O–H groups in total. The van der Waals surface area contributed by atoms with Crippen LogP contribution in [0.15, 0.2) is 0 Å². The van der Waals surface area contributed by atoms with E-state index in [1.807, 2.05) is 0 Å². The summed E-state index contributed by atoms with van der Waals surface area (Å²) in [5.74, 6) is -0.0389. The largest absolute Gasteiger partial charge is 0.443 e. The Hall–Kier alpha value is -0.820. The highest BCUT2D eigenvalue weighted by atomic mass is 32.2. The summed E-state index contributed by atoms with van der Waals surface area (Å²) >= 11 is 0. The van der Waals surface area contributed by atoms with Gasteiger partial charge in [0.2, 0.25) is 0 Å². The third kappa shape index (κ3) is 11.1. The molecule has 0 fully saturated rings.